The van der Waals surface area contributed by atoms with Crippen LogP contribution in [0.4, 0.5) is 0 Å². The van der Waals surface area contributed by atoms with Crippen molar-refractivity contribution in [3.63, 3.8) is 0 Å². The van der Waals surface area contributed by atoms with Crippen LogP contribution < -0.4 is 21.1 Å². The van der Waals surface area contributed by atoms with Crippen LogP contribution in [-0.4, -0.2) is 31.6 Å². The van der Waals surface area contributed by atoms with Gasteiger partial charge in [-0.1, -0.05) is 12.1 Å². The highest BCUT2D eigenvalue weighted by atomic mass is 16.5. The van der Waals surface area contributed by atoms with Gasteiger partial charge in [0.2, 0.25) is 5.91 Å². The molecular formula is C13H19N3O2. The number of nitrogens with two attached hydrogens (primary N) is 1. The fraction of sp³-hybridized carbons (Fsp3) is 0.462. The molecule has 2 rings (SSSR count). The highest BCUT2D eigenvalue weighted by Gasteiger charge is 2.26. The van der Waals surface area contributed by atoms with E-state index in [1.165, 1.54) is 0 Å². The number of hydrogen-bond acceptors (Lipinski definition) is 4. The summed E-state index contributed by atoms with van der Waals surface area (Å²) in [6, 6.07) is 7.57. The Morgan fingerprint density at radius 3 is 3.11 bits per heavy atom. The molecule has 1 aliphatic rings. The van der Waals surface area contributed by atoms with E-state index in [0.717, 1.165) is 11.3 Å². The molecule has 5 heteroatoms. The van der Waals surface area contributed by atoms with E-state index in [2.05, 4.69) is 10.6 Å². The largest absolute Gasteiger partial charge is 0.497 e. The van der Waals surface area contributed by atoms with Crippen LogP contribution in [0.5, 0.6) is 5.75 Å². The first-order chi connectivity index (χ1) is 8.69. The summed E-state index contributed by atoms with van der Waals surface area (Å²) in [4.78, 5) is 11.9. The molecule has 18 heavy (non-hydrogen) atoms. The van der Waals surface area contributed by atoms with E-state index in [0.29, 0.717) is 19.5 Å². The standard InChI is InChI=1S/C13H19N3O2/c1-18-11-4-2-3-9(5-11)7-16-13(17)12-6-10(14)8-15-12/h2-5,10,12,15H,6-8,14H2,1H3,(H,16,17). The number of methoxy groups -OCH3 is 1. The van der Waals surface area contributed by atoms with E-state index in [9.17, 15) is 4.79 Å². The number of amides is 1. The fourth-order valence-corrected chi connectivity index (χ4v) is 2.06. The van der Waals surface area contributed by atoms with Crippen molar-refractivity contribution < 1.29 is 9.53 Å². The topological polar surface area (TPSA) is 76.4 Å². The Hall–Kier alpha value is -1.59. The molecule has 1 amide bonds. The van der Waals surface area contributed by atoms with Crippen LogP contribution >= 0.6 is 0 Å². The monoisotopic (exact) mass is 249 g/mol. The molecule has 0 aliphatic carbocycles. The summed E-state index contributed by atoms with van der Waals surface area (Å²) in [6.45, 7) is 1.21. The highest BCUT2D eigenvalue weighted by molar-refractivity contribution is 5.82. The summed E-state index contributed by atoms with van der Waals surface area (Å²) < 4.78 is 5.13. The molecule has 1 aromatic carbocycles. The number of hydrogen-bond donors (Lipinski definition) is 3. The van der Waals surface area contributed by atoms with Crippen molar-refractivity contribution in [1.29, 1.82) is 0 Å². The van der Waals surface area contributed by atoms with E-state index >= 15 is 0 Å². The lowest BCUT2D eigenvalue weighted by Gasteiger charge is -2.11. The van der Waals surface area contributed by atoms with Gasteiger partial charge in [-0.25, -0.2) is 0 Å². The van der Waals surface area contributed by atoms with E-state index in [-0.39, 0.29) is 18.0 Å². The van der Waals surface area contributed by atoms with Gasteiger partial charge in [0.15, 0.2) is 0 Å². The Bertz CT molecular complexity index is 422. The van der Waals surface area contributed by atoms with Crippen molar-refractivity contribution in [3.8, 4) is 5.75 Å². The second kappa shape index (κ2) is 5.84. The Morgan fingerprint density at radius 2 is 2.44 bits per heavy atom. The summed E-state index contributed by atoms with van der Waals surface area (Å²) in [5.41, 5.74) is 6.77. The molecule has 0 saturated carbocycles. The molecule has 2 unspecified atom stereocenters. The van der Waals surface area contributed by atoms with Crippen LogP contribution in [0.1, 0.15) is 12.0 Å². The van der Waals surface area contributed by atoms with Crippen molar-refractivity contribution >= 4 is 5.91 Å². The maximum absolute atomic E-state index is 11.9. The maximum Gasteiger partial charge on any atom is 0.237 e. The normalized spacial score (nSPS) is 22.8. The van der Waals surface area contributed by atoms with Crippen molar-refractivity contribution in [1.82, 2.24) is 10.6 Å². The minimum Gasteiger partial charge on any atom is -0.497 e. The zero-order valence-corrected chi connectivity index (χ0v) is 10.5. The fourth-order valence-electron chi connectivity index (χ4n) is 2.06. The Kier molecular flexibility index (Phi) is 4.17. The molecule has 2 atom stereocenters. The Balaban J connectivity index is 1.85. The molecule has 0 radical (unpaired) electrons. The van der Waals surface area contributed by atoms with Crippen LogP contribution in [-0.2, 0) is 11.3 Å². The average molecular weight is 249 g/mol. The van der Waals surface area contributed by atoms with Crippen molar-refractivity contribution in [2.75, 3.05) is 13.7 Å². The summed E-state index contributed by atoms with van der Waals surface area (Å²) >= 11 is 0. The predicted molar refractivity (Wildman–Crippen MR) is 69.2 cm³/mol. The number of carbonyl (C=O) groups is 1. The molecule has 5 nitrogen and oxygen atoms in total. The van der Waals surface area contributed by atoms with Gasteiger partial charge in [0.05, 0.1) is 13.2 Å². The summed E-state index contributed by atoms with van der Waals surface area (Å²) in [7, 11) is 1.63. The second-order valence-electron chi connectivity index (χ2n) is 4.53. The molecule has 0 bridgehead atoms. The van der Waals surface area contributed by atoms with Crippen LogP contribution in [0.15, 0.2) is 24.3 Å². The second-order valence-corrected chi connectivity index (χ2v) is 4.53. The van der Waals surface area contributed by atoms with Gasteiger partial charge in [-0.15, -0.1) is 0 Å². The SMILES string of the molecule is COc1cccc(CNC(=O)C2CC(N)CN2)c1. The molecule has 4 N–H and O–H groups in total. The smallest absolute Gasteiger partial charge is 0.237 e. The molecule has 1 aliphatic heterocycles. The molecule has 1 aromatic rings. The molecule has 1 heterocycles. The van der Waals surface area contributed by atoms with E-state index in [1.54, 1.807) is 7.11 Å². The zero-order chi connectivity index (χ0) is 13.0. The lowest BCUT2D eigenvalue weighted by Crippen LogP contribution is -2.40. The zero-order valence-electron chi connectivity index (χ0n) is 10.5. The van der Waals surface area contributed by atoms with Crippen LogP contribution in [0.3, 0.4) is 0 Å². The van der Waals surface area contributed by atoms with Gasteiger partial charge in [0.25, 0.3) is 0 Å². The summed E-state index contributed by atoms with van der Waals surface area (Å²) in [5, 5.41) is 6.00. The Labute approximate surface area is 107 Å². The lowest BCUT2D eigenvalue weighted by atomic mass is 10.1. The van der Waals surface area contributed by atoms with Gasteiger partial charge in [-0.2, -0.15) is 0 Å². The van der Waals surface area contributed by atoms with E-state index in [1.807, 2.05) is 24.3 Å². The first-order valence-electron chi connectivity index (χ1n) is 6.08. The van der Waals surface area contributed by atoms with Crippen molar-refractivity contribution in [2.45, 2.75) is 25.0 Å². The minimum atomic E-state index is -0.161. The van der Waals surface area contributed by atoms with Crippen LogP contribution in [0, 0.1) is 0 Å². The van der Waals surface area contributed by atoms with E-state index < -0.39 is 0 Å². The third kappa shape index (κ3) is 3.21. The predicted octanol–water partition coefficient (Wildman–Crippen LogP) is 0.000600. The lowest BCUT2D eigenvalue weighted by molar-refractivity contribution is -0.122. The first kappa shape index (κ1) is 12.9. The maximum atomic E-state index is 11.9. The van der Waals surface area contributed by atoms with Gasteiger partial charge < -0.3 is 21.1 Å². The molecule has 0 spiro atoms. The molecule has 1 fully saturated rings. The van der Waals surface area contributed by atoms with Crippen LogP contribution in [0.25, 0.3) is 0 Å². The van der Waals surface area contributed by atoms with Crippen molar-refractivity contribution in [3.05, 3.63) is 29.8 Å². The Morgan fingerprint density at radius 1 is 1.61 bits per heavy atom. The quantitative estimate of drug-likeness (QED) is 0.702. The molecule has 0 aromatic heterocycles. The van der Waals surface area contributed by atoms with Gasteiger partial charge >= 0.3 is 0 Å². The van der Waals surface area contributed by atoms with Gasteiger partial charge in [0, 0.05) is 19.1 Å². The minimum absolute atomic E-state index is 0.00534. The molecule has 98 valence electrons. The number of rotatable bonds is 4. The third-order valence-electron chi connectivity index (χ3n) is 3.08. The van der Waals surface area contributed by atoms with Gasteiger partial charge in [-0.3, -0.25) is 4.79 Å². The van der Waals surface area contributed by atoms with Crippen LogP contribution in [0.2, 0.25) is 0 Å². The first-order valence-corrected chi connectivity index (χ1v) is 6.08. The number of nitrogens with one attached hydrogen (secondary N) is 2. The summed E-state index contributed by atoms with van der Waals surface area (Å²) in [6.07, 6.45) is 0.698. The van der Waals surface area contributed by atoms with E-state index in [4.69, 9.17) is 10.5 Å². The number of benzene rings is 1. The third-order valence-corrected chi connectivity index (χ3v) is 3.08. The average Bonchev–Trinajstić information content (AvgIpc) is 2.83. The number of ether oxygens (including phenoxy) is 1. The highest BCUT2D eigenvalue weighted by Crippen LogP contribution is 2.12. The van der Waals surface area contributed by atoms with Crippen molar-refractivity contribution in [2.24, 2.45) is 5.73 Å². The molecule has 1 saturated heterocycles. The summed E-state index contributed by atoms with van der Waals surface area (Å²) in [5.74, 6) is 0.800. The molecular weight excluding hydrogens is 230 g/mol. The number of carbonyl (C=O) groups excluding carboxylic acids is 1. The van der Waals surface area contributed by atoms with Gasteiger partial charge in [-0.05, 0) is 24.1 Å². The van der Waals surface area contributed by atoms with Gasteiger partial charge in [0.1, 0.15) is 5.75 Å².